The van der Waals surface area contributed by atoms with E-state index in [1.165, 1.54) is 0 Å². The van der Waals surface area contributed by atoms with E-state index in [1.807, 2.05) is 32.0 Å². The number of nitrogens with one attached hydrogen (secondary N) is 3. The van der Waals surface area contributed by atoms with Gasteiger partial charge in [0.05, 0.1) is 0 Å². The van der Waals surface area contributed by atoms with Crippen molar-refractivity contribution in [2.75, 3.05) is 0 Å². The van der Waals surface area contributed by atoms with Crippen molar-refractivity contribution in [3.63, 3.8) is 0 Å². The Bertz CT molecular complexity index is 638. The average Bonchev–Trinajstić information content (AvgIpc) is 2.47. The van der Waals surface area contributed by atoms with E-state index in [9.17, 15) is 9.59 Å². The molecule has 0 aromatic heterocycles. The van der Waals surface area contributed by atoms with Gasteiger partial charge in [0.2, 0.25) is 5.91 Å². The lowest BCUT2D eigenvalue weighted by molar-refractivity contribution is -0.128. The van der Waals surface area contributed by atoms with E-state index in [-0.39, 0.29) is 11.0 Å². The van der Waals surface area contributed by atoms with E-state index in [2.05, 4.69) is 16.2 Å². The van der Waals surface area contributed by atoms with Gasteiger partial charge < -0.3 is 10.1 Å². The topological polar surface area (TPSA) is 79.5 Å². The zero-order valence-electron chi connectivity index (χ0n) is 14.9. The van der Waals surface area contributed by atoms with Gasteiger partial charge in [-0.3, -0.25) is 20.4 Å². The van der Waals surface area contributed by atoms with E-state index >= 15 is 0 Å². The van der Waals surface area contributed by atoms with Crippen molar-refractivity contribution in [2.24, 2.45) is 5.41 Å². The van der Waals surface area contributed by atoms with E-state index in [0.29, 0.717) is 5.75 Å². The van der Waals surface area contributed by atoms with Crippen LogP contribution in [0.4, 0.5) is 0 Å². The summed E-state index contributed by atoms with van der Waals surface area (Å²) >= 11 is 4.97. The number of rotatable bonds is 3. The van der Waals surface area contributed by atoms with Crippen LogP contribution < -0.4 is 20.9 Å². The van der Waals surface area contributed by atoms with E-state index in [1.54, 1.807) is 27.7 Å². The molecule has 1 atom stereocenters. The SMILES string of the molecule is Cc1ccc(OC(C)C(=O)NNC(=S)NC(=O)C(C)(C)C)cc1C. The first-order chi connectivity index (χ1) is 11.0. The molecule has 1 rings (SSSR count). The number of amides is 2. The molecule has 3 N–H and O–H groups in total. The first kappa shape index (κ1) is 19.9. The van der Waals surface area contributed by atoms with Crippen LogP contribution in [0.25, 0.3) is 0 Å². The van der Waals surface area contributed by atoms with Crippen LogP contribution in [0.2, 0.25) is 0 Å². The molecule has 0 aliphatic heterocycles. The lowest BCUT2D eigenvalue weighted by atomic mass is 9.96. The van der Waals surface area contributed by atoms with Crippen LogP contribution in [0.5, 0.6) is 5.75 Å². The van der Waals surface area contributed by atoms with Gasteiger partial charge in [0.1, 0.15) is 5.75 Å². The molecule has 0 saturated carbocycles. The van der Waals surface area contributed by atoms with Crippen molar-refractivity contribution in [3.05, 3.63) is 29.3 Å². The first-order valence-corrected chi connectivity index (χ1v) is 8.06. The van der Waals surface area contributed by atoms with Crippen molar-refractivity contribution in [1.29, 1.82) is 0 Å². The van der Waals surface area contributed by atoms with Crippen molar-refractivity contribution >= 4 is 29.1 Å². The Morgan fingerprint density at radius 3 is 2.29 bits per heavy atom. The number of aryl methyl sites for hydroxylation is 2. The summed E-state index contributed by atoms with van der Waals surface area (Å²) in [5.41, 5.74) is 6.58. The van der Waals surface area contributed by atoms with Crippen LogP contribution in [-0.4, -0.2) is 23.0 Å². The minimum Gasteiger partial charge on any atom is -0.481 e. The summed E-state index contributed by atoms with van der Waals surface area (Å²) in [7, 11) is 0. The number of hydrogen-bond acceptors (Lipinski definition) is 4. The van der Waals surface area contributed by atoms with Gasteiger partial charge in [0, 0.05) is 5.41 Å². The van der Waals surface area contributed by atoms with E-state index in [0.717, 1.165) is 11.1 Å². The molecule has 0 saturated heterocycles. The number of carbonyl (C=O) groups is 2. The number of ether oxygens (including phenoxy) is 1. The van der Waals surface area contributed by atoms with E-state index < -0.39 is 17.4 Å². The summed E-state index contributed by atoms with van der Waals surface area (Å²) in [6.45, 7) is 10.9. The third-order valence-electron chi connectivity index (χ3n) is 3.37. The number of thiocarbonyl (C=S) groups is 1. The quantitative estimate of drug-likeness (QED) is 0.574. The Kier molecular flexibility index (Phi) is 6.71. The molecular formula is C17H25N3O3S. The second-order valence-electron chi connectivity index (χ2n) is 6.65. The second-order valence-corrected chi connectivity index (χ2v) is 7.06. The monoisotopic (exact) mass is 351 g/mol. The van der Waals surface area contributed by atoms with Gasteiger partial charge in [-0.25, -0.2) is 0 Å². The molecule has 0 fully saturated rings. The van der Waals surface area contributed by atoms with Crippen LogP contribution in [0, 0.1) is 19.3 Å². The third-order valence-corrected chi connectivity index (χ3v) is 3.57. The first-order valence-electron chi connectivity index (χ1n) is 7.66. The minimum absolute atomic E-state index is 0.0293. The normalized spacial score (nSPS) is 12.1. The van der Waals surface area contributed by atoms with E-state index in [4.69, 9.17) is 17.0 Å². The molecule has 132 valence electrons. The van der Waals surface area contributed by atoms with Gasteiger partial charge >= 0.3 is 0 Å². The van der Waals surface area contributed by atoms with Crippen LogP contribution in [-0.2, 0) is 9.59 Å². The summed E-state index contributed by atoms with van der Waals surface area (Å²) in [5.74, 6) is -0.0291. The molecule has 0 aliphatic carbocycles. The molecule has 0 radical (unpaired) electrons. The van der Waals surface area contributed by atoms with Gasteiger partial charge in [-0.15, -0.1) is 0 Å². The maximum atomic E-state index is 12.0. The Labute approximate surface area is 148 Å². The number of hydrazine groups is 1. The van der Waals surface area contributed by atoms with Crippen LogP contribution >= 0.6 is 12.2 Å². The molecule has 0 bridgehead atoms. The molecule has 24 heavy (non-hydrogen) atoms. The molecule has 2 amide bonds. The second kappa shape index (κ2) is 8.10. The predicted molar refractivity (Wildman–Crippen MR) is 97.5 cm³/mol. The Morgan fingerprint density at radius 1 is 1.12 bits per heavy atom. The molecule has 0 aliphatic rings. The smallest absolute Gasteiger partial charge is 0.279 e. The molecule has 1 unspecified atom stereocenters. The number of benzene rings is 1. The molecule has 7 heteroatoms. The fourth-order valence-corrected chi connectivity index (χ4v) is 1.73. The van der Waals surface area contributed by atoms with Crippen LogP contribution in [0.1, 0.15) is 38.8 Å². The fourth-order valence-electron chi connectivity index (χ4n) is 1.59. The number of hydrogen-bond donors (Lipinski definition) is 3. The maximum absolute atomic E-state index is 12.0. The summed E-state index contributed by atoms with van der Waals surface area (Å²) in [4.78, 5) is 23.8. The summed E-state index contributed by atoms with van der Waals surface area (Å²) in [5, 5.41) is 2.53. The predicted octanol–water partition coefficient (Wildman–Crippen LogP) is 2.14. The highest BCUT2D eigenvalue weighted by molar-refractivity contribution is 7.80. The highest BCUT2D eigenvalue weighted by Gasteiger charge is 2.22. The van der Waals surface area contributed by atoms with Gasteiger partial charge in [-0.2, -0.15) is 0 Å². The zero-order valence-corrected chi connectivity index (χ0v) is 15.8. The van der Waals surface area contributed by atoms with Gasteiger partial charge in [0.25, 0.3) is 5.91 Å². The fraction of sp³-hybridized carbons (Fsp3) is 0.471. The van der Waals surface area contributed by atoms with Gasteiger partial charge in [0.15, 0.2) is 11.2 Å². The number of carbonyl (C=O) groups excluding carboxylic acids is 2. The molecule has 0 heterocycles. The molecule has 0 spiro atoms. The Balaban J connectivity index is 2.48. The lowest BCUT2D eigenvalue weighted by Gasteiger charge is -2.20. The maximum Gasteiger partial charge on any atom is 0.279 e. The van der Waals surface area contributed by atoms with Gasteiger partial charge in [-0.05, 0) is 56.2 Å². The molecular weight excluding hydrogens is 326 g/mol. The highest BCUT2D eigenvalue weighted by Crippen LogP contribution is 2.17. The summed E-state index contributed by atoms with van der Waals surface area (Å²) in [6, 6.07) is 5.62. The molecule has 1 aromatic carbocycles. The van der Waals surface area contributed by atoms with Crippen molar-refractivity contribution < 1.29 is 14.3 Å². The van der Waals surface area contributed by atoms with Crippen molar-refractivity contribution in [3.8, 4) is 5.75 Å². The van der Waals surface area contributed by atoms with Crippen LogP contribution in [0.15, 0.2) is 18.2 Å². The molecule has 1 aromatic rings. The third kappa shape index (κ3) is 6.16. The van der Waals surface area contributed by atoms with Crippen molar-refractivity contribution in [1.82, 2.24) is 16.2 Å². The minimum atomic E-state index is -0.722. The summed E-state index contributed by atoms with van der Waals surface area (Å²) in [6.07, 6.45) is -0.722. The Morgan fingerprint density at radius 2 is 1.75 bits per heavy atom. The van der Waals surface area contributed by atoms with Crippen LogP contribution in [0.3, 0.4) is 0 Å². The summed E-state index contributed by atoms with van der Waals surface area (Å²) < 4.78 is 5.60. The van der Waals surface area contributed by atoms with Gasteiger partial charge in [-0.1, -0.05) is 26.8 Å². The highest BCUT2D eigenvalue weighted by atomic mass is 32.1. The Hall–Kier alpha value is -2.15. The molecule has 6 nitrogen and oxygen atoms in total. The van der Waals surface area contributed by atoms with Crippen molar-refractivity contribution in [2.45, 2.75) is 47.6 Å². The largest absolute Gasteiger partial charge is 0.481 e. The average molecular weight is 351 g/mol. The standard InChI is InChI=1S/C17H25N3O3S/c1-10-7-8-13(9-11(10)2)23-12(3)14(21)19-20-16(24)18-15(22)17(4,5)6/h7-9,12H,1-6H3,(H,19,21)(H2,18,20,22,24). The lowest BCUT2D eigenvalue weighted by Crippen LogP contribution is -2.53. The zero-order chi connectivity index (χ0) is 18.5.